The first-order valence-electron chi connectivity index (χ1n) is 5.98. The zero-order valence-electron chi connectivity index (χ0n) is 10.7. The molecule has 0 fully saturated rings. The van der Waals surface area contributed by atoms with Gasteiger partial charge in [0.15, 0.2) is 5.78 Å². The topological polar surface area (TPSA) is 46.2 Å². The monoisotopic (exact) mass is 361 g/mol. The molecule has 0 unspecified atom stereocenters. The van der Waals surface area contributed by atoms with E-state index in [-0.39, 0.29) is 34.6 Å². The number of anilines is 1. The molecule has 0 spiro atoms. The maximum atomic E-state index is 11.9. The molecule has 2 rings (SSSR count). The number of carbonyl (C=O) groups is 2. The Balaban J connectivity index is 1.95. The van der Waals surface area contributed by atoms with Gasteiger partial charge in [0.05, 0.1) is 20.6 Å². The number of carbonyl (C=O) groups excluding carboxylic acids is 2. The molecular weight excluding hydrogens is 353 g/mol. The zero-order valence-corrected chi connectivity index (χ0v) is 13.7. The number of thiophene rings is 1. The Labute approximate surface area is 140 Å². The first-order valence-corrected chi connectivity index (χ1v) is 8.00. The molecule has 7 heteroatoms. The van der Waals surface area contributed by atoms with Gasteiger partial charge in [0.25, 0.3) is 0 Å². The van der Waals surface area contributed by atoms with Crippen molar-refractivity contribution in [3.05, 3.63) is 49.6 Å². The lowest BCUT2D eigenvalue weighted by atomic mass is 10.2. The number of nitrogens with one attached hydrogen (secondary N) is 1. The summed E-state index contributed by atoms with van der Waals surface area (Å²) in [6, 6.07) is 6.51. The van der Waals surface area contributed by atoms with E-state index in [2.05, 4.69) is 5.32 Å². The number of ketones is 1. The molecule has 1 aromatic carbocycles. The highest BCUT2D eigenvalue weighted by Crippen LogP contribution is 2.33. The summed E-state index contributed by atoms with van der Waals surface area (Å²) in [5.41, 5.74) is 0.302. The summed E-state index contributed by atoms with van der Waals surface area (Å²) in [5, 5.41) is 5.31. The lowest BCUT2D eigenvalue weighted by molar-refractivity contribution is -0.116. The van der Waals surface area contributed by atoms with Crippen molar-refractivity contribution < 1.29 is 9.59 Å². The second-order valence-electron chi connectivity index (χ2n) is 4.19. The number of hydrogen-bond donors (Lipinski definition) is 1. The van der Waals surface area contributed by atoms with E-state index in [1.807, 2.05) is 5.38 Å². The molecule has 1 amide bonds. The van der Waals surface area contributed by atoms with Gasteiger partial charge in [0, 0.05) is 17.9 Å². The molecular formula is C14H10Cl3NO2S. The quantitative estimate of drug-likeness (QED) is 0.733. The predicted octanol–water partition coefficient (Wildman–Crippen LogP) is 5.31. The number of benzene rings is 1. The molecule has 3 nitrogen and oxygen atoms in total. The molecule has 1 heterocycles. The summed E-state index contributed by atoms with van der Waals surface area (Å²) in [7, 11) is 0. The molecule has 110 valence electrons. The van der Waals surface area contributed by atoms with Crippen LogP contribution in [0.2, 0.25) is 15.1 Å². The molecule has 1 N–H and O–H groups in total. The van der Waals surface area contributed by atoms with Crippen LogP contribution in [0.1, 0.15) is 22.5 Å². The lowest BCUT2D eigenvalue weighted by Gasteiger charge is -2.09. The van der Waals surface area contributed by atoms with Gasteiger partial charge >= 0.3 is 0 Å². The average Bonchev–Trinajstić information content (AvgIpc) is 2.94. The largest absolute Gasteiger partial charge is 0.324 e. The minimum atomic E-state index is -0.328. The predicted molar refractivity (Wildman–Crippen MR) is 88.0 cm³/mol. The molecule has 0 aliphatic heterocycles. The van der Waals surface area contributed by atoms with Crippen LogP contribution >= 0.6 is 46.1 Å². The fourth-order valence-electron chi connectivity index (χ4n) is 1.65. The van der Waals surface area contributed by atoms with Gasteiger partial charge in [-0.2, -0.15) is 0 Å². The fourth-order valence-corrected chi connectivity index (χ4v) is 3.26. The highest BCUT2D eigenvalue weighted by atomic mass is 35.5. The van der Waals surface area contributed by atoms with Crippen LogP contribution in [0.15, 0.2) is 29.6 Å². The molecule has 2 aromatic rings. The smallest absolute Gasteiger partial charge is 0.224 e. The van der Waals surface area contributed by atoms with Crippen molar-refractivity contribution in [2.75, 3.05) is 5.32 Å². The molecule has 0 radical (unpaired) electrons. The summed E-state index contributed by atoms with van der Waals surface area (Å²) in [4.78, 5) is 24.3. The number of rotatable bonds is 5. The molecule has 0 saturated heterocycles. The Morgan fingerprint density at radius 2 is 1.76 bits per heavy atom. The second-order valence-corrected chi connectivity index (χ2v) is 6.39. The van der Waals surface area contributed by atoms with E-state index < -0.39 is 0 Å². The van der Waals surface area contributed by atoms with E-state index in [1.165, 1.54) is 23.5 Å². The van der Waals surface area contributed by atoms with E-state index >= 15 is 0 Å². The van der Waals surface area contributed by atoms with Crippen LogP contribution < -0.4 is 5.32 Å². The van der Waals surface area contributed by atoms with Gasteiger partial charge in [-0.3, -0.25) is 9.59 Å². The van der Waals surface area contributed by atoms with Crippen LogP contribution in [0.25, 0.3) is 0 Å². The van der Waals surface area contributed by atoms with Crippen molar-refractivity contribution in [3.63, 3.8) is 0 Å². The number of hydrogen-bond acceptors (Lipinski definition) is 3. The maximum absolute atomic E-state index is 11.9. The summed E-state index contributed by atoms with van der Waals surface area (Å²) < 4.78 is 0. The van der Waals surface area contributed by atoms with Gasteiger partial charge in [-0.1, -0.05) is 40.9 Å². The van der Waals surface area contributed by atoms with Gasteiger partial charge in [-0.05, 0) is 23.6 Å². The first-order chi connectivity index (χ1) is 9.97. The summed E-state index contributed by atoms with van der Waals surface area (Å²) in [5.74, 6) is -0.389. The Morgan fingerprint density at radius 3 is 2.33 bits per heavy atom. The summed E-state index contributed by atoms with van der Waals surface area (Å²) in [6.45, 7) is 0. The van der Waals surface area contributed by atoms with Crippen molar-refractivity contribution >= 4 is 63.5 Å². The van der Waals surface area contributed by atoms with Crippen molar-refractivity contribution in [3.8, 4) is 0 Å². The van der Waals surface area contributed by atoms with E-state index in [0.29, 0.717) is 15.6 Å². The molecule has 21 heavy (non-hydrogen) atoms. The zero-order chi connectivity index (χ0) is 15.4. The van der Waals surface area contributed by atoms with E-state index in [4.69, 9.17) is 34.8 Å². The molecule has 0 atom stereocenters. The Kier molecular flexibility index (Phi) is 5.65. The third kappa shape index (κ3) is 4.45. The van der Waals surface area contributed by atoms with Crippen LogP contribution in [-0.4, -0.2) is 11.7 Å². The van der Waals surface area contributed by atoms with Crippen LogP contribution in [0.4, 0.5) is 5.69 Å². The minimum absolute atomic E-state index is 0.0615. The van der Waals surface area contributed by atoms with Gasteiger partial charge in [0.2, 0.25) is 5.91 Å². The molecule has 1 aromatic heterocycles. The normalized spacial score (nSPS) is 10.4. The molecule has 0 saturated carbocycles. The first kappa shape index (κ1) is 16.3. The summed E-state index contributed by atoms with van der Waals surface area (Å²) in [6.07, 6.45) is 0.196. The summed E-state index contributed by atoms with van der Waals surface area (Å²) >= 11 is 19.1. The molecule has 0 aliphatic rings. The van der Waals surface area contributed by atoms with E-state index in [1.54, 1.807) is 12.1 Å². The number of amides is 1. The Morgan fingerprint density at radius 1 is 1.10 bits per heavy atom. The molecule has 0 aliphatic carbocycles. The molecule has 0 bridgehead atoms. The van der Waals surface area contributed by atoms with Crippen LogP contribution in [0, 0.1) is 0 Å². The standard InChI is InChI=1S/C14H10Cl3NO2S/c15-8-6-9(16)14(10(17)7-8)18-13(20)4-3-11(19)12-2-1-5-21-12/h1-2,5-7H,3-4H2,(H,18,20). The maximum Gasteiger partial charge on any atom is 0.224 e. The Bertz CT molecular complexity index is 648. The van der Waals surface area contributed by atoms with Crippen LogP contribution in [0.3, 0.4) is 0 Å². The third-order valence-electron chi connectivity index (χ3n) is 2.65. The second kappa shape index (κ2) is 7.27. The van der Waals surface area contributed by atoms with E-state index in [9.17, 15) is 9.59 Å². The fraction of sp³-hybridized carbons (Fsp3) is 0.143. The van der Waals surface area contributed by atoms with Crippen molar-refractivity contribution in [2.24, 2.45) is 0 Å². The average molecular weight is 363 g/mol. The van der Waals surface area contributed by atoms with Crippen LogP contribution in [-0.2, 0) is 4.79 Å². The van der Waals surface area contributed by atoms with Crippen molar-refractivity contribution in [1.29, 1.82) is 0 Å². The van der Waals surface area contributed by atoms with Gasteiger partial charge in [-0.25, -0.2) is 0 Å². The van der Waals surface area contributed by atoms with Crippen molar-refractivity contribution in [1.82, 2.24) is 0 Å². The van der Waals surface area contributed by atoms with Gasteiger partial charge in [0.1, 0.15) is 0 Å². The number of Topliss-reactive ketones (excluding diaryl/α,β-unsaturated/α-hetero) is 1. The van der Waals surface area contributed by atoms with Gasteiger partial charge < -0.3 is 5.32 Å². The van der Waals surface area contributed by atoms with Crippen LogP contribution in [0.5, 0.6) is 0 Å². The third-order valence-corrected chi connectivity index (χ3v) is 4.37. The minimum Gasteiger partial charge on any atom is -0.324 e. The van der Waals surface area contributed by atoms with Crippen molar-refractivity contribution in [2.45, 2.75) is 12.8 Å². The van der Waals surface area contributed by atoms with E-state index in [0.717, 1.165) is 0 Å². The van der Waals surface area contributed by atoms with Gasteiger partial charge in [-0.15, -0.1) is 11.3 Å². The Hall–Kier alpha value is -1.07. The number of halogens is 3. The highest BCUT2D eigenvalue weighted by Gasteiger charge is 2.13. The highest BCUT2D eigenvalue weighted by molar-refractivity contribution is 7.12. The SMILES string of the molecule is O=C(CCC(=O)c1cccs1)Nc1c(Cl)cc(Cl)cc1Cl. The lowest BCUT2D eigenvalue weighted by Crippen LogP contribution is -2.13.